The number of hydrogen-bond acceptors (Lipinski definition) is 2. The van der Waals surface area contributed by atoms with Gasteiger partial charge in [0.25, 0.3) is 0 Å². The highest BCUT2D eigenvalue weighted by molar-refractivity contribution is 5.47. The molecule has 2 atom stereocenters. The fraction of sp³-hybridized carbons (Fsp3) is 0.600. The van der Waals surface area contributed by atoms with Crippen LogP contribution < -0.4 is 5.32 Å². The quantitative estimate of drug-likeness (QED) is 0.857. The Labute approximate surface area is 108 Å². The van der Waals surface area contributed by atoms with Gasteiger partial charge in [-0.3, -0.25) is 0 Å². The summed E-state index contributed by atoms with van der Waals surface area (Å²) in [5.41, 5.74) is 0.157. The van der Waals surface area contributed by atoms with Crippen molar-refractivity contribution in [2.45, 2.75) is 44.6 Å². The van der Waals surface area contributed by atoms with Crippen LogP contribution in [0.1, 0.15) is 39.0 Å². The number of nitrogens with one attached hydrogen (secondary N) is 1. The molecule has 2 N–H and O–H groups in total. The topological polar surface area (TPSA) is 32.3 Å². The van der Waals surface area contributed by atoms with E-state index in [-0.39, 0.29) is 18.0 Å². The lowest BCUT2D eigenvalue weighted by molar-refractivity contribution is 0.142. The molecule has 0 radical (unpaired) electrons. The summed E-state index contributed by atoms with van der Waals surface area (Å²) < 4.78 is 13.7. The Morgan fingerprint density at radius 3 is 2.89 bits per heavy atom. The van der Waals surface area contributed by atoms with Crippen molar-refractivity contribution in [1.82, 2.24) is 0 Å². The molecule has 18 heavy (non-hydrogen) atoms. The van der Waals surface area contributed by atoms with E-state index >= 15 is 0 Å². The van der Waals surface area contributed by atoms with Crippen LogP contribution in [0.3, 0.4) is 0 Å². The van der Waals surface area contributed by atoms with Crippen LogP contribution in [0.15, 0.2) is 24.3 Å². The highest BCUT2D eigenvalue weighted by Crippen LogP contribution is 2.36. The minimum atomic E-state index is -0.346. The van der Waals surface area contributed by atoms with E-state index in [0.29, 0.717) is 11.6 Å². The summed E-state index contributed by atoms with van der Waals surface area (Å²) in [4.78, 5) is 0. The minimum Gasteiger partial charge on any atom is -0.394 e. The Morgan fingerprint density at radius 1 is 1.44 bits per heavy atom. The molecule has 1 saturated carbocycles. The molecule has 2 rings (SSSR count). The van der Waals surface area contributed by atoms with Gasteiger partial charge in [0.1, 0.15) is 5.82 Å². The average Bonchev–Trinajstić information content (AvgIpc) is 2.42. The second-order valence-corrected chi connectivity index (χ2v) is 5.41. The van der Waals surface area contributed by atoms with E-state index in [1.807, 2.05) is 6.07 Å². The second-order valence-electron chi connectivity index (χ2n) is 5.41. The maximum atomic E-state index is 13.7. The van der Waals surface area contributed by atoms with E-state index in [1.165, 1.54) is 12.5 Å². The Bertz CT molecular complexity index is 396. The van der Waals surface area contributed by atoms with Crippen LogP contribution in [-0.4, -0.2) is 17.3 Å². The van der Waals surface area contributed by atoms with Crippen molar-refractivity contribution in [3.05, 3.63) is 30.1 Å². The summed E-state index contributed by atoms with van der Waals surface area (Å²) >= 11 is 0. The van der Waals surface area contributed by atoms with Crippen LogP contribution in [-0.2, 0) is 0 Å². The van der Waals surface area contributed by atoms with Crippen molar-refractivity contribution < 1.29 is 9.50 Å². The first-order chi connectivity index (χ1) is 8.69. The monoisotopic (exact) mass is 251 g/mol. The molecule has 0 spiro atoms. The van der Waals surface area contributed by atoms with Crippen LogP contribution in [0.4, 0.5) is 10.1 Å². The van der Waals surface area contributed by atoms with Crippen LogP contribution in [0.2, 0.25) is 0 Å². The molecule has 1 fully saturated rings. The van der Waals surface area contributed by atoms with Gasteiger partial charge in [-0.05, 0) is 30.9 Å². The first-order valence-electron chi connectivity index (χ1n) is 6.83. The molecule has 0 amide bonds. The van der Waals surface area contributed by atoms with Crippen molar-refractivity contribution >= 4 is 5.69 Å². The van der Waals surface area contributed by atoms with Crippen molar-refractivity contribution in [2.75, 3.05) is 11.9 Å². The minimum absolute atomic E-state index is 0.0673. The number of hydrogen-bond donors (Lipinski definition) is 2. The molecular weight excluding hydrogens is 229 g/mol. The lowest BCUT2D eigenvalue weighted by Crippen LogP contribution is -2.46. The van der Waals surface area contributed by atoms with Gasteiger partial charge >= 0.3 is 0 Å². The fourth-order valence-corrected chi connectivity index (χ4v) is 2.98. The van der Waals surface area contributed by atoms with E-state index in [2.05, 4.69) is 12.2 Å². The van der Waals surface area contributed by atoms with E-state index in [4.69, 9.17) is 0 Å². The molecule has 1 aliphatic carbocycles. The van der Waals surface area contributed by atoms with Crippen LogP contribution in [0.25, 0.3) is 0 Å². The Balaban J connectivity index is 2.15. The van der Waals surface area contributed by atoms with Gasteiger partial charge in [-0.2, -0.15) is 0 Å². The maximum Gasteiger partial charge on any atom is 0.146 e. The number of anilines is 1. The molecule has 1 aromatic rings. The smallest absolute Gasteiger partial charge is 0.146 e. The third kappa shape index (κ3) is 2.83. The molecular formula is C15H22FNO. The zero-order valence-corrected chi connectivity index (χ0v) is 11.0. The molecule has 1 aromatic carbocycles. The molecule has 3 heteroatoms. The second kappa shape index (κ2) is 5.70. The zero-order chi connectivity index (χ0) is 13.0. The SMILES string of the molecule is CCC1CCCC(CO)(Nc2ccccc2F)C1. The van der Waals surface area contributed by atoms with Gasteiger partial charge in [-0.15, -0.1) is 0 Å². The number of rotatable bonds is 4. The van der Waals surface area contributed by atoms with Gasteiger partial charge in [-0.1, -0.05) is 38.3 Å². The summed E-state index contributed by atoms with van der Waals surface area (Å²) in [5.74, 6) is 0.383. The normalized spacial score (nSPS) is 28.1. The number of aliphatic hydroxyl groups is 1. The summed E-state index contributed by atoms with van der Waals surface area (Å²) in [6, 6.07) is 6.69. The Hall–Kier alpha value is -1.09. The van der Waals surface area contributed by atoms with Crippen molar-refractivity contribution in [3.8, 4) is 0 Å². The van der Waals surface area contributed by atoms with Crippen LogP contribution in [0, 0.1) is 11.7 Å². The lowest BCUT2D eigenvalue weighted by atomic mass is 9.75. The van der Waals surface area contributed by atoms with Gasteiger partial charge in [0, 0.05) is 0 Å². The predicted molar refractivity (Wildman–Crippen MR) is 72.1 cm³/mol. The Kier molecular flexibility index (Phi) is 4.23. The van der Waals surface area contributed by atoms with Gasteiger partial charge in [-0.25, -0.2) is 4.39 Å². The van der Waals surface area contributed by atoms with E-state index in [9.17, 15) is 9.50 Å². The van der Waals surface area contributed by atoms with Crippen molar-refractivity contribution in [3.63, 3.8) is 0 Å². The molecule has 2 unspecified atom stereocenters. The number of aliphatic hydroxyl groups excluding tert-OH is 1. The summed E-state index contributed by atoms with van der Waals surface area (Å²) in [6.45, 7) is 2.25. The third-order valence-corrected chi connectivity index (χ3v) is 4.10. The first kappa shape index (κ1) is 13.3. The molecule has 100 valence electrons. The van der Waals surface area contributed by atoms with E-state index in [0.717, 1.165) is 25.7 Å². The van der Waals surface area contributed by atoms with Gasteiger partial charge < -0.3 is 10.4 Å². The number of halogens is 1. The largest absolute Gasteiger partial charge is 0.394 e. The van der Waals surface area contributed by atoms with Crippen molar-refractivity contribution in [1.29, 1.82) is 0 Å². The number of para-hydroxylation sites is 1. The van der Waals surface area contributed by atoms with Crippen molar-refractivity contribution in [2.24, 2.45) is 5.92 Å². The summed E-state index contributed by atoms with van der Waals surface area (Å²) in [6.07, 6.45) is 5.28. The van der Waals surface area contributed by atoms with Crippen LogP contribution >= 0.6 is 0 Å². The van der Waals surface area contributed by atoms with Crippen LogP contribution in [0.5, 0.6) is 0 Å². The molecule has 1 aliphatic rings. The Morgan fingerprint density at radius 2 is 2.22 bits per heavy atom. The highest BCUT2D eigenvalue weighted by atomic mass is 19.1. The summed E-state index contributed by atoms with van der Waals surface area (Å²) in [7, 11) is 0. The summed E-state index contributed by atoms with van der Waals surface area (Å²) in [5, 5.41) is 13.0. The molecule has 0 aliphatic heterocycles. The number of benzene rings is 1. The lowest BCUT2D eigenvalue weighted by Gasteiger charge is -2.41. The fourth-order valence-electron chi connectivity index (χ4n) is 2.98. The predicted octanol–water partition coefficient (Wildman–Crippen LogP) is 3.57. The van der Waals surface area contributed by atoms with E-state index in [1.54, 1.807) is 12.1 Å². The van der Waals surface area contributed by atoms with Gasteiger partial charge in [0.05, 0.1) is 17.8 Å². The maximum absolute atomic E-state index is 13.7. The average molecular weight is 251 g/mol. The zero-order valence-electron chi connectivity index (χ0n) is 11.0. The standard InChI is InChI=1S/C15H22FNO/c1-2-12-6-5-9-15(10-12,11-18)17-14-8-4-3-7-13(14)16/h3-4,7-8,12,17-18H,2,5-6,9-11H2,1H3. The molecule has 0 heterocycles. The molecule has 0 bridgehead atoms. The van der Waals surface area contributed by atoms with Gasteiger partial charge in [0.15, 0.2) is 0 Å². The molecule has 0 saturated heterocycles. The molecule has 2 nitrogen and oxygen atoms in total. The highest BCUT2D eigenvalue weighted by Gasteiger charge is 2.35. The van der Waals surface area contributed by atoms with E-state index < -0.39 is 0 Å². The molecule has 0 aromatic heterocycles. The first-order valence-corrected chi connectivity index (χ1v) is 6.83. The third-order valence-electron chi connectivity index (χ3n) is 4.10. The van der Waals surface area contributed by atoms with Gasteiger partial charge in [0.2, 0.25) is 0 Å².